The van der Waals surface area contributed by atoms with Gasteiger partial charge in [0.1, 0.15) is 11.5 Å². The van der Waals surface area contributed by atoms with Crippen LogP contribution in [-0.4, -0.2) is 26.0 Å². The van der Waals surface area contributed by atoms with E-state index in [0.29, 0.717) is 38.3 Å². The molecule has 0 bridgehead atoms. The fraction of sp³-hybridized carbons (Fsp3) is 0.100. The summed E-state index contributed by atoms with van der Waals surface area (Å²) in [6.07, 6.45) is 0. The van der Waals surface area contributed by atoms with Crippen LogP contribution >= 0.6 is 22.9 Å². The summed E-state index contributed by atoms with van der Waals surface area (Å²) in [4.78, 5) is 25.5. The van der Waals surface area contributed by atoms with Crippen LogP contribution in [0.2, 0.25) is 5.02 Å². The van der Waals surface area contributed by atoms with Crippen LogP contribution in [0.5, 0.6) is 11.5 Å². The number of hydrogen-bond acceptors (Lipinski definition) is 5. The highest BCUT2D eigenvalue weighted by Crippen LogP contribution is 2.30. The lowest BCUT2D eigenvalue weighted by atomic mass is 10.1. The summed E-state index contributed by atoms with van der Waals surface area (Å²) in [5.41, 5.74) is 1.19. The predicted molar refractivity (Wildman–Crippen MR) is 111 cm³/mol. The van der Waals surface area contributed by atoms with Gasteiger partial charge in [-0.15, -0.1) is 11.3 Å². The minimum atomic E-state index is -0.369. The molecule has 0 aliphatic carbocycles. The fourth-order valence-corrected chi connectivity index (χ4v) is 3.23. The van der Waals surface area contributed by atoms with Crippen molar-refractivity contribution in [3.05, 3.63) is 69.4 Å². The number of methoxy groups -OCH3 is 2. The largest absolute Gasteiger partial charge is 0.497 e. The van der Waals surface area contributed by atoms with Crippen molar-refractivity contribution in [2.75, 3.05) is 24.9 Å². The number of anilines is 2. The number of benzene rings is 2. The Labute approximate surface area is 171 Å². The normalized spacial score (nSPS) is 10.2. The van der Waals surface area contributed by atoms with Crippen molar-refractivity contribution in [1.82, 2.24) is 0 Å². The maximum absolute atomic E-state index is 12.7. The zero-order valence-electron chi connectivity index (χ0n) is 15.1. The number of carbonyl (C=O) groups is 2. The molecule has 144 valence electrons. The molecule has 3 aromatic rings. The molecule has 28 heavy (non-hydrogen) atoms. The van der Waals surface area contributed by atoms with Crippen LogP contribution in [0.1, 0.15) is 20.0 Å². The van der Waals surface area contributed by atoms with Crippen LogP contribution in [0, 0.1) is 0 Å². The Morgan fingerprint density at radius 1 is 0.929 bits per heavy atom. The third kappa shape index (κ3) is 4.44. The van der Waals surface area contributed by atoms with E-state index >= 15 is 0 Å². The van der Waals surface area contributed by atoms with Crippen LogP contribution < -0.4 is 20.1 Å². The third-order valence-corrected chi connectivity index (χ3v) is 5.08. The van der Waals surface area contributed by atoms with Crippen molar-refractivity contribution < 1.29 is 19.1 Å². The van der Waals surface area contributed by atoms with Gasteiger partial charge in [-0.2, -0.15) is 0 Å². The molecule has 0 unspecified atom stereocenters. The first kappa shape index (κ1) is 19.7. The number of rotatable bonds is 6. The average Bonchev–Trinajstić information content (AvgIpc) is 3.24. The van der Waals surface area contributed by atoms with E-state index in [1.54, 1.807) is 49.6 Å². The SMILES string of the molecule is COc1ccc(NC(=O)c2ccc(Cl)c(NC(=O)c3cccs3)c2)c(OC)c1. The van der Waals surface area contributed by atoms with Crippen molar-refractivity contribution in [2.24, 2.45) is 0 Å². The van der Waals surface area contributed by atoms with Crippen molar-refractivity contribution in [3.8, 4) is 11.5 Å². The molecule has 0 fully saturated rings. The zero-order chi connectivity index (χ0) is 20.1. The van der Waals surface area contributed by atoms with Gasteiger partial charge in [-0.05, 0) is 41.8 Å². The second-order valence-corrected chi connectivity index (χ2v) is 7.00. The molecular weight excluding hydrogens is 400 g/mol. The second kappa shape index (κ2) is 8.77. The van der Waals surface area contributed by atoms with Crippen LogP contribution in [0.25, 0.3) is 0 Å². The van der Waals surface area contributed by atoms with Gasteiger partial charge in [0.05, 0.1) is 35.5 Å². The first-order chi connectivity index (χ1) is 13.5. The van der Waals surface area contributed by atoms with Crippen molar-refractivity contribution >= 4 is 46.1 Å². The van der Waals surface area contributed by atoms with Crippen molar-refractivity contribution in [3.63, 3.8) is 0 Å². The highest BCUT2D eigenvalue weighted by Gasteiger charge is 2.15. The summed E-state index contributed by atoms with van der Waals surface area (Å²) in [6, 6.07) is 13.2. The number of halogens is 1. The molecule has 2 amide bonds. The molecule has 1 aromatic heterocycles. The van der Waals surface area contributed by atoms with E-state index < -0.39 is 0 Å². The fourth-order valence-electron chi connectivity index (χ4n) is 2.45. The van der Waals surface area contributed by atoms with E-state index in [2.05, 4.69) is 10.6 Å². The van der Waals surface area contributed by atoms with Crippen molar-refractivity contribution in [1.29, 1.82) is 0 Å². The lowest BCUT2D eigenvalue weighted by Gasteiger charge is -2.13. The zero-order valence-corrected chi connectivity index (χ0v) is 16.7. The second-order valence-electron chi connectivity index (χ2n) is 5.65. The molecule has 0 aliphatic heterocycles. The average molecular weight is 417 g/mol. The first-order valence-electron chi connectivity index (χ1n) is 8.19. The van der Waals surface area contributed by atoms with Gasteiger partial charge >= 0.3 is 0 Å². The third-order valence-electron chi connectivity index (χ3n) is 3.88. The number of carbonyl (C=O) groups excluding carboxylic acids is 2. The number of thiophene rings is 1. The predicted octanol–water partition coefficient (Wildman–Crippen LogP) is 4.92. The molecule has 2 aromatic carbocycles. The van der Waals surface area contributed by atoms with E-state index in [-0.39, 0.29) is 11.8 Å². The van der Waals surface area contributed by atoms with Gasteiger partial charge in [-0.25, -0.2) is 0 Å². The van der Waals surface area contributed by atoms with E-state index in [0.717, 1.165) is 0 Å². The van der Waals surface area contributed by atoms with Crippen LogP contribution in [0.3, 0.4) is 0 Å². The summed E-state index contributed by atoms with van der Waals surface area (Å²) in [5, 5.41) is 7.66. The maximum atomic E-state index is 12.7. The minimum Gasteiger partial charge on any atom is -0.497 e. The lowest BCUT2D eigenvalue weighted by Crippen LogP contribution is -2.15. The summed E-state index contributed by atoms with van der Waals surface area (Å²) < 4.78 is 10.4. The molecule has 0 aliphatic rings. The smallest absolute Gasteiger partial charge is 0.265 e. The van der Waals surface area contributed by atoms with Gasteiger partial charge in [-0.3, -0.25) is 9.59 Å². The van der Waals surface area contributed by atoms with Crippen LogP contribution in [0.15, 0.2) is 53.9 Å². The molecule has 3 rings (SSSR count). The van der Waals surface area contributed by atoms with Gasteiger partial charge in [-0.1, -0.05) is 17.7 Å². The lowest BCUT2D eigenvalue weighted by molar-refractivity contribution is 0.101. The Balaban J connectivity index is 1.80. The number of nitrogens with one attached hydrogen (secondary N) is 2. The Hall–Kier alpha value is -3.03. The molecule has 6 nitrogen and oxygen atoms in total. The molecule has 0 atom stereocenters. The highest BCUT2D eigenvalue weighted by atomic mass is 35.5. The molecule has 2 N–H and O–H groups in total. The van der Waals surface area contributed by atoms with Gasteiger partial charge in [0.2, 0.25) is 0 Å². The summed E-state index contributed by atoms with van der Waals surface area (Å²) in [7, 11) is 3.05. The Bertz CT molecular complexity index is 1010. The summed E-state index contributed by atoms with van der Waals surface area (Å²) in [5.74, 6) is 0.422. The number of hydrogen-bond donors (Lipinski definition) is 2. The van der Waals surface area contributed by atoms with Crippen LogP contribution in [-0.2, 0) is 0 Å². The van der Waals surface area contributed by atoms with E-state index in [1.807, 2.05) is 5.38 Å². The molecule has 0 saturated heterocycles. The molecule has 0 spiro atoms. The minimum absolute atomic E-state index is 0.286. The first-order valence-corrected chi connectivity index (χ1v) is 9.45. The number of amides is 2. The Morgan fingerprint density at radius 2 is 1.71 bits per heavy atom. The summed E-state index contributed by atoms with van der Waals surface area (Å²) in [6.45, 7) is 0. The van der Waals surface area contributed by atoms with Gasteiger partial charge < -0.3 is 20.1 Å². The molecule has 0 radical (unpaired) electrons. The van der Waals surface area contributed by atoms with Gasteiger partial charge in [0.15, 0.2) is 0 Å². The standard InChI is InChI=1S/C20H17ClN2O4S/c1-26-13-6-8-15(17(11-13)27-2)22-19(24)12-5-7-14(21)16(10-12)23-20(25)18-4-3-9-28-18/h3-11H,1-2H3,(H,22,24)(H,23,25). The number of ether oxygens (including phenoxy) is 2. The molecule has 1 heterocycles. The monoisotopic (exact) mass is 416 g/mol. The Kier molecular flexibility index (Phi) is 6.18. The van der Waals surface area contributed by atoms with E-state index in [1.165, 1.54) is 24.5 Å². The van der Waals surface area contributed by atoms with E-state index in [9.17, 15) is 9.59 Å². The topological polar surface area (TPSA) is 76.7 Å². The maximum Gasteiger partial charge on any atom is 0.265 e. The summed E-state index contributed by atoms with van der Waals surface area (Å²) >= 11 is 7.49. The van der Waals surface area contributed by atoms with E-state index in [4.69, 9.17) is 21.1 Å². The van der Waals surface area contributed by atoms with Crippen LogP contribution in [0.4, 0.5) is 11.4 Å². The van der Waals surface area contributed by atoms with Crippen molar-refractivity contribution in [2.45, 2.75) is 0 Å². The van der Waals surface area contributed by atoms with Gasteiger partial charge in [0, 0.05) is 11.6 Å². The van der Waals surface area contributed by atoms with Gasteiger partial charge in [0.25, 0.3) is 11.8 Å². The highest BCUT2D eigenvalue weighted by molar-refractivity contribution is 7.12. The molecular formula is C20H17ClN2O4S. The molecule has 0 saturated carbocycles. The Morgan fingerprint density at radius 3 is 2.39 bits per heavy atom. The molecule has 8 heteroatoms. The quantitative estimate of drug-likeness (QED) is 0.597.